The van der Waals surface area contributed by atoms with E-state index in [1.807, 2.05) is 43.3 Å². The summed E-state index contributed by atoms with van der Waals surface area (Å²) < 4.78 is 5.61. The van der Waals surface area contributed by atoms with E-state index in [0.717, 1.165) is 22.3 Å². The summed E-state index contributed by atoms with van der Waals surface area (Å²) >= 11 is 1.24. The van der Waals surface area contributed by atoms with Gasteiger partial charge in [-0.3, -0.25) is 4.79 Å². The van der Waals surface area contributed by atoms with E-state index in [1.165, 1.54) is 11.3 Å². The fourth-order valence-electron chi connectivity index (χ4n) is 4.59. The number of ether oxygens (including phenoxy) is 1. The zero-order valence-corrected chi connectivity index (χ0v) is 20.4. The van der Waals surface area contributed by atoms with Gasteiger partial charge in [-0.25, -0.2) is 9.59 Å². The van der Waals surface area contributed by atoms with Crippen LogP contribution in [0.1, 0.15) is 54.7 Å². The first-order chi connectivity index (χ1) is 16.8. The van der Waals surface area contributed by atoms with E-state index in [9.17, 15) is 19.5 Å². The Morgan fingerprint density at radius 3 is 2.20 bits per heavy atom. The van der Waals surface area contributed by atoms with Crippen LogP contribution in [0.5, 0.6) is 0 Å². The quantitative estimate of drug-likeness (QED) is 0.386. The number of carboxylic acid groups (broad SMARTS) is 1. The predicted molar refractivity (Wildman–Crippen MR) is 134 cm³/mol. The lowest BCUT2D eigenvalue weighted by Crippen LogP contribution is -2.58. The predicted octanol–water partition coefficient (Wildman–Crippen LogP) is 5.09. The number of carbonyl (C=O) groups is 3. The minimum Gasteiger partial charge on any atom is -0.479 e. The van der Waals surface area contributed by atoms with Crippen LogP contribution < -0.4 is 10.6 Å². The summed E-state index contributed by atoms with van der Waals surface area (Å²) in [5.74, 6) is -1.84. The number of benzene rings is 2. The van der Waals surface area contributed by atoms with E-state index >= 15 is 0 Å². The van der Waals surface area contributed by atoms with Gasteiger partial charge in [0.2, 0.25) is 5.91 Å². The first-order valence-electron chi connectivity index (χ1n) is 11.5. The third-order valence-corrected chi connectivity index (χ3v) is 7.26. The van der Waals surface area contributed by atoms with Gasteiger partial charge in [0.15, 0.2) is 6.04 Å². The molecule has 1 aliphatic rings. The van der Waals surface area contributed by atoms with Crippen LogP contribution in [-0.4, -0.2) is 35.2 Å². The minimum atomic E-state index is -1.33. The molecule has 0 fully saturated rings. The number of amides is 2. The first-order valence-corrected chi connectivity index (χ1v) is 12.4. The van der Waals surface area contributed by atoms with Crippen molar-refractivity contribution in [1.29, 1.82) is 0 Å². The second kappa shape index (κ2) is 10.3. The van der Waals surface area contributed by atoms with Crippen LogP contribution >= 0.6 is 11.3 Å². The Bertz CT molecular complexity index is 1180. The van der Waals surface area contributed by atoms with Crippen LogP contribution in [0.4, 0.5) is 4.79 Å². The van der Waals surface area contributed by atoms with Crippen LogP contribution in [0, 0.1) is 0 Å². The number of alkyl carbamates (subject to hydrolysis) is 1. The van der Waals surface area contributed by atoms with Crippen LogP contribution in [0.15, 0.2) is 66.0 Å². The molecule has 4 rings (SSSR count). The maximum atomic E-state index is 13.1. The van der Waals surface area contributed by atoms with Crippen molar-refractivity contribution in [2.24, 2.45) is 0 Å². The van der Waals surface area contributed by atoms with Crippen molar-refractivity contribution in [3.05, 3.63) is 82.0 Å². The number of thiophene rings is 1. The van der Waals surface area contributed by atoms with Gasteiger partial charge in [-0.15, -0.1) is 11.3 Å². The molecule has 3 N–H and O–H groups in total. The van der Waals surface area contributed by atoms with Crippen LogP contribution in [0.3, 0.4) is 0 Å². The number of aliphatic carboxylic acids is 1. The van der Waals surface area contributed by atoms with E-state index in [0.29, 0.717) is 17.7 Å². The van der Waals surface area contributed by atoms with E-state index in [4.69, 9.17) is 4.74 Å². The second-order valence-electron chi connectivity index (χ2n) is 8.79. The van der Waals surface area contributed by atoms with Crippen molar-refractivity contribution < 1.29 is 24.2 Å². The number of hydrogen-bond donors (Lipinski definition) is 3. The summed E-state index contributed by atoms with van der Waals surface area (Å²) in [7, 11) is 0. The number of fused-ring (bicyclic) bond motifs is 3. The van der Waals surface area contributed by atoms with E-state index < -0.39 is 29.6 Å². The van der Waals surface area contributed by atoms with E-state index in [1.54, 1.807) is 24.4 Å². The van der Waals surface area contributed by atoms with Crippen molar-refractivity contribution in [2.75, 3.05) is 6.61 Å². The molecule has 2 unspecified atom stereocenters. The third-order valence-electron chi connectivity index (χ3n) is 6.32. The molecule has 0 saturated heterocycles. The average Bonchev–Trinajstić information content (AvgIpc) is 3.47. The Balaban J connectivity index is 1.45. The fraction of sp³-hybridized carbons (Fsp3) is 0.296. The fourth-order valence-corrected chi connectivity index (χ4v) is 5.36. The highest BCUT2D eigenvalue weighted by atomic mass is 32.1. The maximum Gasteiger partial charge on any atom is 0.408 e. The SMILES string of the molecule is CCCC(C)(NC(=O)OCC1c2ccccc2-c2ccccc21)C(=O)NC(C(=O)O)c1cccs1. The number of hydrogen-bond acceptors (Lipinski definition) is 5. The molecule has 8 heteroatoms. The standard InChI is InChI=1S/C27H28N2O5S/c1-3-14-27(2,25(32)28-23(24(30)31)22-13-8-15-35-22)29-26(33)34-16-21-19-11-6-4-9-17(19)18-10-5-7-12-20(18)21/h4-13,15,21,23H,3,14,16H2,1-2H3,(H,28,32)(H,29,33)(H,30,31). The van der Waals surface area contributed by atoms with Crippen molar-refractivity contribution in [3.8, 4) is 11.1 Å². The Hall–Kier alpha value is -3.65. The largest absolute Gasteiger partial charge is 0.479 e. The Morgan fingerprint density at radius 1 is 1.03 bits per heavy atom. The first kappa shape index (κ1) is 24.5. The van der Waals surface area contributed by atoms with E-state index in [-0.39, 0.29) is 12.5 Å². The van der Waals surface area contributed by atoms with Crippen LogP contribution in [-0.2, 0) is 14.3 Å². The van der Waals surface area contributed by atoms with Gasteiger partial charge in [0.05, 0.1) is 0 Å². The molecule has 7 nitrogen and oxygen atoms in total. The third kappa shape index (κ3) is 5.07. The monoisotopic (exact) mass is 492 g/mol. The molecule has 0 saturated carbocycles. The summed E-state index contributed by atoms with van der Waals surface area (Å²) in [5.41, 5.74) is 3.11. The molecule has 0 bridgehead atoms. The summed E-state index contributed by atoms with van der Waals surface area (Å²) in [5, 5.41) is 16.6. The molecule has 182 valence electrons. The highest BCUT2D eigenvalue weighted by molar-refractivity contribution is 7.10. The van der Waals surface area contributed by atoms with Gasteiger partial charge >= 0.3 is 12.1 Å². The van der Waals surface area contributed by atoms with Gasteiger partial charge < -0.3 is 20.5 Å². The lowest BCUT2D eigenvalue weighted by Gasteiger charge is -2.30. The maximum absolute atomic E-state index is 13.1. The van der Waals surface area contributed by atoms with Crippen molar-refractivity contribution >= 4 is 29.3 Å². The Kier molecular flexibility index (Phi) is 7.21. The molecule has 2 aromatic carbocycles. The zero-order chi connectivity index (χ0) is 25.0. The lowest BCUT2D eigenvalue weighted by molar-refractivity contribution is -0.143. The van der Waals surface area contributed by atoms with Crippen molar-refractivity contribution in [3.63, 3.8) is 0 Å². The number of rotatable bonds is 9. The van der Waals surface area contributed by atoms with Gasteiger partial charge in [-0.2, -0.15) is 0 Å². The summed E-state index contributed by atoms with van der Waals surface area (Å²) in [6.45, 7) is 3.59. The number of carboxylic acids is 1. The van der Waals surface area contributed by atoms with Crippen LogP contribution in [0.25, 0.3) is 11.1 Å². The van der Waals surface area contributed by atoms with Crippen molar-refractivity contribution in [2.45, 2.75) is 44.2 Å². The molecule has 0 spiro atoms. The zero-order valence-electron chi connectivity index (χ0n) is 19.6. The molecule has 35 heavy (non-hydrogen) atoms. The van der Waals surface area contributed by atoms with Crippen molar-refractivity contribution in [1.82, 2.24) is 10.6 Å². The van der Waals surface area contributed by atoms with Gasteiger partial charge in [-0.1, -0.05) is 67.9 Å². The topological polar surface area (TPSA) is 105 Å². The highest BCUT2D eigenvalue weighted by Crippen LogP contribution is 2.44. The van der Waals surface area contributed by atoms with Gasteiger partial charge in [-0.05, 0) is 47.0 Å². The van der Waals surface area contributed by atoms with Gasteiger partial charge in [0, 0.05) is 10.8 Å². The van der Waals surface area contributed by atoms with Gasteiger partial charge in [0.1, 0.15) is 12.1 Å². The Morgan fingerprint density at radius 2 is 1.66 bits per heavy atom. The summed E-state index contributed by atoms with van der Waals surface area (Å²) in [6, 6.07) is 18.3. The van der Waals surface area contributed by atoms with Crippen LogP contribution in [0.2, 0.25) is 0 Å². The Labute approximate surface area is 208 Å². The van der Waals surface area contributed by atoms with E-state index in [2.05, 4.69) is 22.8 Å². The number of nitrogens with one attached hydrogen (secondary N) is 2. The minimum absolute atomic E-state index is 0.102. The molecule has 1 aromatic heterocycles. The average molecular weight is 493 g/mol. The molecule has 0 radical (unpaired) electrons. The summed E-state index contributed by atoms with van der Waals surface area (Å²) in [4.78, 5) is 38.3. The molecular formula is C27H28N2O5S. The smallest absolute Gasteiger partial charge is 0.408 e. The normalized spacial score (nSPS) is 14.8. The van der Waals surface area contributed by atoms with Gasteiger partial charge in [0.25, 0.3) is 0 Å². The molecule has 3 aromatic rings. The second-order valence-corrected chi connectivity index (χ2v) is 9.77. The molecule has 0 aliphatic heterocycles. The number of carbonyl (C=O) groups excluding carboxylic acids is 2. The lowest BCUT2D eigenvalue weighted by atomic mass is 9.94. The summed E-state index contributed by atoms with van der Waals surface area (Å²) in [6.07, 6.45) is 0.199. The molecule has 2 atom stereocenters. The molecule has 1 heterocycles. The highest BCUT2D eigenvalue weighted by Gasteiger charge is 2.38. The molecule has 2 amide bonds. The molecule has 1 aliphatic carbocycles. The molecular weight excluding hydrogens is 464 g/mol.